The lowest BCUT2D eigenvalue weighted by atomic mass is 10.1. The van der Waals surface area contributed by atoms with Gasteiger partial charge in [0.05, 0.1) is 37.0 Å². The van der Waals surface area contributed by atoms with Crippen molar-refractivity contribution >= 4 is 34.0 Å². The van der Waals surface area contributed by atoms with Crippen molar-refractivity contribution in [2.24, 2.45) is 5.73 Å². The highest BCUT2D eigenvalue weighted by molar-refractivity contribution is 5.84. The summed E-state index contributed by atoms with van der Waals surface area (Å²) in [6.45, 7) is 2.43. The number of fused-ring (bicyclic) bond motifs is 2. The highest BCUT2D eigenvalue weighted by Crippen LogP contribution is 2.23. The molecular weight excluding hydrogens is 512 g/mol. The molecule has 1 atom stereocenters. The largest absolute Gasteiger partial charge is 0.468 e. The Morgan fingerprint density at radius 2 is 2.00 bits per heavy atom. The number of pyridine rings is 1. The highest BCUT2D eigenvalue weighted by atomic mass is 16.5. The number of para-hydroxylation sites is 1. The van der Waals surface area contributed by atoms with Crippen molar-refractivity contribution in [2.75, 3.05) is 25.1 Å². The number of hydrogen-bond donors (Lipinski definition) is 1. The number of esters is 1. The minimum absolute atomic E-state index is 0.0644. The predicted octanol–water partition coefficient (Wildman–Crippen LogP) is 0.952. The molecule has 4 aromatic rings. The van der Waals surface area contributed by atoms with E-state index in [1.54, 1.807) is 35.8 Å². The van der Waals surface area contributed by atoms with Crippen molar-refractivity contribution < 1.29 is 9.53 Å². The van der Waals surface area contributed by atoms with Crippen molar-refractivity contribution in [3.05, 3.63) is 62.4 Å². The molecule has 1 aliphatic heterocycles. The Hall–Kier alpha value is -4.94. The van der Waals surface area contributed by atoms with Crippen LogP contribution in [0.4, 0.5) is 5.95 Å². The van der Waals surface area contributed by atoms with Gasteiger partial charge in [-0.05, 0) is 31.9 Å². The number of piperidine rings is 1. The van der Waals surface area contributed by atoms with Crippen molar-refractivity contribution in [3.8, 4) is 17.9 Å². The van der Waals surface area contributed by atoms with Gasteiger partial charge in [0.25, 0.3) is 5.56 Å². The van der Waals surface area contributed by atoms with Crippen molar-refractivity contribution in [3.63, 3.8) is 0 Å². The first kappa shape index (κ1) is 26.7. The molecule has 1 saturated heterocycles. The third kappa shape index (κ3) is 4.81. The lowest BCUT2D eigenvalue weighted by molar-refractivity contribution is -0.141. The molecule has 4 heterocycles. The zero-order valence-corrected chi connectivity index (χ0v) is 22.3. The lowest BCUT2D eigenvalue weighted by Crippen LogP contribution is -2.44. The van der Waals surface area contributed by atoms with E-state index in [1.165, 1.54) is 7.11 Å². The fourth-order valence-corrected chi connectivity index (χ4v) is 5.02. The molecule has 204 valence electrons. The van der Waals surface area contributed by atoms with Crippen LogP contribution in [0.5, 0.6) is 0 Å². The molecule has 0 saturated carbocycles. The summed E-state index contributed by atoms with van der Waals surface area (Å²) in [6.07, 6.45) is 1.72. The number of nitriles is 1. The number of rotatable bonds is 6. The van der Waals surface area contributed by atoms with Gasteiger partial charge in [0, 0.05) is 24.5 Å². The van der Waals surface area contributed by atoms with E-state index in [0.29, 0.717) is 35.8 Å². The Morgan fingerprint density at radius 3 is 2.73 bits per heavy atom. The fourth-order valence-electron chi connectivity index (χ4n) is 5.02. The third-order valence-electron chi connectivity index (χ3n) is 6.98. The molecule has 1 aliphatic rings. The van der Waals surface area contributed by atoms with Gasteiger partial charge >= 0.3 is 11.7 Å². The van der Waals surface area contributed by atoms with Gasteiger partial charge in [0.2, 0.25) is 5.95 Å². The average molecular weight is 541 g/mol. The van der Waals surface area contributed by atoms with Gasteiger partial charge in [0.15, 0.2) is 11.2 Å². The van der Waals surface area contributed by atoms with Crippen LogP contribution in [0.25, 0.3) is 22.1 Å². The van der Waals surface area contributed by atoms with E-state index in [4.69, 9.17) is 15.5 Å². The van der Waals surface area contributed by atoms with Crippen LogP contribution in [-0.4, -0.2) is 55.9 Å². The number of hydrogen-bond acceptors (Lipinski definition) is 9. The summed E-state index contributed by atoms with van der Waals surface area (Å²) in [5, 5.41) is 10.3. The Balaban J connectivity index is 1.75. The quantitative estimate of drug-likeness (QED) is 0.278. The summed E-state index contributed by atoms with van der Waals surface area (Å²) in [5.74, 6) is 5.64. The maximum atomic E-state index is 14.0. The Labute approximate surface area is 229 Å². The second-order valence-corrected chi connectivity index (χ2v) is 9.57. The normalized spacial score (nSPS) is 15.1. The summed E-state index contributed by atoms with van der Waals surface area (Å²) in [6, 6.07) is 10.8. The Kier molecular flexibility index (Phi) is 7.36. The minimum Gasteiger partial charge on any atom is -0.468 e. The Morgan fingerprint density at radius 1 is 1.18 bits per heavy atom. The number of benzene rings is 1. The van der Waals surface area contributed by atoms with E-state index in [9.17, 15) is 19.6 Å². The first-order chi connectivity index (χ1) is 19.4. The van der Waals surface area contributed by atoms with Crippen LogP contribution >= 0.6 is 0 Å². The zero-order chi connectivity index (χ0) is 28.4. The van der Waals surface area contributed by atoms with E-state index in [-0.39, 0.29) is 30.3 Å². The van der Waals surface area contributed by atoms with Gasteiger partial charge < -0.3 is 15.4 Å². The van der Waals surface area contributed by atoms with Gasteiger partial charge in [-0.3, -0.25) is 23.3 Å². The lowest BCUT2D eigenvalue weighted by Gasteiger charge is -2.31. The van der Waals surface area contributed by atoms with Crippen LogP contribution in [0.2, 0.25) is 0 Å². The summed E-state index contributed by atoms with van der Waals surface area (Å²) >= 11 is 0. The molecule has 5 rings (SSSR count). The standard InChI is InChI=1S/C28H28N8O4/c1-3-4-13-34-24-25(32-27(34)33-12-6-9-20(30)15-33)35(17-22(37)40-2)28(39)36(26(24)38)16-21-11-10-18-7-5-8-19(14-29)23(18)31-21/h5,7-8,10-11,20H,6,9,12-13,15-17,30H2,1-2H3. The van der Waals surface area contributed by atoms with Crippen LogP contribution in [0.3, 0.4) is 0 Å². The highest BCUT2D eigenvalue weighted by Gasteiger charge is 2.27. The van der Waals surface area contributed by atoms with Crippen LogP contribution in [0.15, 0.2) is 39.9 Å². The maximum Gasteiger partial charge on any atom is 0.333 e. The molecule has 0 amide bonds. The van der Waals surface area contributed by atoms with Gasteiger partial charge in [-0.1, -0.05) is 24.1 Å². The summed E-state index contributed by atoms with van der Waals surface area (Å²) in [7, 11) is 1.22. The number of imidazole rings is 1. The van der Waals surface area contributed by atoms with E-state index in [1.807, 2.05) is 11.0 Å². The number of anilines is 1. The van der Waals surface area contributed by atoms with Crippen LogP contribution in [-0.2, 0) is 29.2 Å². The molecule has 12 nitrogen and oxygen atoms in total. The van der Waals surface area contributed by atoms with Crippen LogP contribution in [0.1, 0.15) is 31.0 Å². The van der Waals surface area contributed by atoms with Crippen LogP contribution < -0.4 is 21.9 Å². The third-order valence-corrected chi connectivity index (χ3v) is 6.98. The smallest absolute Gasteiger partial charge is 0.333 e. The van der Waals surface area contributed by atoms with Crippen LogP contribution in [0, 0.1) is 23.2 Å². The second-order valence-electron chi connectivity index (χ2n) is 9.57. The SMILES string of the molecule is CC#CCn1c(N2CCCC(N)C2)nc2c1c(=O)n(Cc1ccc3cccc(C#N)c3n1)c(=O)n2CC(=O)OC. The number of nitrogens with zero attached hydrogens (tertiary/aromatic N) is 7. The van der Waals surface area contributed by atoms with E-state index < -0.39 is 23.8 Å². The topological polar surface area (TPSA) is 154 Å². The molecule has 1 fully saturated rings. The molecule has 12 heteroatoms. The molecule has 2 N–H and O–H groups in total. The number of carbonyl (C=O) groups excluding carboxylic acids is 1. The molecule has 0 aliphatic carbocycles. The van der Waals surface area contributed by atoms with Gasteiger partial charge in [-0.2, -0.15) is 10.2 Å². The molecule has 0 bridgehead atoms. The fraction of sp³-hybridized carbons (Fsp3) is 0.357. The number of aromatic nitrogens is 5. The van der Waals surface area contributed by atoms with Gasteiger partial charge in [-0.15, -0.1) is 5.92 Å². The number of carbonyl (C=O) groups is 1. The molecule has 0 spiro atoms. The predicted molar refractivity (Wildman–Crippen MR) is 149 cm³/mol. The van der Waals surface area contributed by atoms with Crippen molar-refractivity contribution in [2.45, 2.75) is 45.4 Å². The molecular formula is C28H28N8O4. The van der Waals surface area contributed by atoms with Gasteiger partial charge in [0.1, 0.15) is 12.6 Å². The van der Waals surface area contributed by atoms with Gasteiger partial charge in [-0.25, -0.2) is 9.78 Å². The maximum absolute atomic E-state index is 14.0. The molecule has 1 aromatic carbocycles. The number of methoxy groups -OCH3 is 1. The Bertz CT molecular complexity index is 1850. The molecule has 1 unspecified atom stereocenters. The summed E-state index contributed by atoms with van der Waals surface area (Å²) < 4.78 is 8.69. The zero-order valence-electron chi connectivity index (χ0n) is 22.3. The number of nitrogens with two attached hydrogens (primary N) is 1. The monoisotopic (exact) mass is 540 g/mol. The van der Waals surface area contributed by atoms with E-state index >= 15 is 0 Å². The first-order valence-corrected chi connectivity index (χ1v) is 12.9. The molecule has 40 heavy (non-hydrogen) atoms. The second kappa shape index (κ2) is 11.0. The first-order valence-electron chi connectivity index (χ1n) is 12.9. The van der Waals surface area contributed by atoms with E-state index in [2.05, 4.69) is 22.9 Å². The minimum atomic E-state index is -0.730. The van der Waals surface area contributed by atoms with Crippen molar-refractivity contribution in [1.82, 2.24) is 23.7 Å². The molecule has 3 aromatic heterocycles. The summed E-state index contributed by atoms with van der Waals surface area (Å²) in [5.41, 5.74) is 6.37. The average Bonchev–Trinajstić information content (AvgIpc) is 3.35. The number of ether oxygens (including phenoxy) is 1. The van der Waals surface area contributed by atoms with Crippen molar-refractivity contribution in [1.29, 1.82) is 5.26 Å². The summed E-state index contributed by atoms with van der Waals surface area (Å²) in [4.78, 5) is 51.4. The molecule has 0 radical (unpaired) electrons. The van der Waals surface area contributed by atoms with E-state index in [0.717, 1.165) is 27.4 Å².